The highest BCUT2D eigenvalue weighted by molar-refractivity contribution is 7.92. The number of carboxylic acids is 1. The number of hydrogen-bond donors (Lipinski definition) is 3. The molecule has 1 aliphatic heterocycles. The van der Waals surface area contributed by atoms with Crippen molar-refractivity contribution in [2.45, 2.75) is 22.2 Å². The van der Waals surface area contributed by atoms with Gasteiger partial charge < -0.3 is 15.5 Å². The van der Waals surface area contributed by atoms with E-state index in [-0.39, 0.29) is 17.9 Å². The smallest absolute Gasteiger partial charge is 0.338 e. The monoisotopic (exact) mass is 395 g/mol. The van der Waals surface area contributed by atoms with Crippen LogP contribution in [0.5, 0.6) is 0 Å². The van der Waals surface area contributed by atoms with Gasteiger partial charge in [-0.3, -0.25) is 0 Å². The van der Waals surface area contributed by atoms with Crippen LogP contribution in [0.15, 0.2) is 53.4 Å². The topological polar surface area (TPSA) is 104 Å². The second-order valence-corrected chi connectivity index (χ2v) is 8.83. The van der Waals surface area contributed by atoms with Crippen molar-refractivity contribution in [1.82, 2.24) is 5.32 Å². The van der Waals surface area contributed by atoms with Crippen molar-refractivity contribution in [2.75, 3.05) is 13.1 Å². The van der Waals surface area contributed by atoms with Crippen molar-refractivity contribution in [2.24, 2.45) is 0 Å². The lowest BCUT2D eigenvalue weighted by Crippen LogP contribution is -2.62. The molecule has 2 aromatic rings. The molecule has 0 amide bonds. The molecule has 138 valence electrons. The maximum absolute atomic E-state index is 12.9. The van der Waals surface area contributed by atoms with E-state index in [4.69, 9.17) is 11.6 Å². The first-order valence-corrected chi connectivity index (χ1v) is 9.94. The number of piperidine rings is 1. The van der Waals surface area contributed by atoms with E-state index in [1.807, 2.05) is 6.07 Å². The van der Waals surface area contributed by atoms with E-state index >= 15 is 0 Å². The Balaban J connectivity index is 1.96. The standard InChI is InChI=1S/C18H18ClNO5S/c19-14-3-1-2-13(10-14)12-4-6-15(7-5-12)26(24,25)16-8-9-20-11-18(16,23)17(21)22/h1-7,10,16,20,23H,8-9,11H2,(H,21,22). The Hall–Kier alpha value is -1.93. The van der Waals surface area contributed by atoms with Gasteiger partial charge in [0.25, 0.3) is 0 Å². The fourth-order valence-electron chi connectivity index (χ4n) is 3.16. The Bertz CT molecular complexity index is 929. The predicted octanol–water partition coefficient (Wildman–Crippen LogP) is 1.96. The van der Waals surface area contributed by atoms with Gasteiger partial charge >= 0.3 is 5.97 Å². The summed E-state index contributed by atoms with van der Waals surface area (Å²) < 4.78 is 25.9. The number of aliphatic hydroxyl groups is 1. The van der Waals surface area contributed by atoms with E-state index in [1.165, 1.54) is 12.1 Å². The van der Waals surface area contributed by atoms with E-state index in [9.17, 15) is 23.4 Å². The summed E-state index contributed by atoms with van der Waals surface area (Å²) >= 11 is 5.98. The van der Waals surface area contributed by atoms with Crippen LogP contribution >= 0.6 is 11.6 Å². The first-order chi connectivity index (χ1) is 12.2. The third kappa shape index (κ3) is 3.35. The minimum atomic E-state index is -4.02. The van der Waals surface area contributed by atoms with E-state index in [1.54, 1.807) is 30.3 Å². The molecule has 0 spiro atoms. The number of halogens is 1. The zero-order valence-electron chi connectivity index (χ0n) is 13.7. The molecule has 3 N–H and O–H groups in total. The number of benzene rings is 2. The molecule has 0 saturated carbocycles. The molecule has 1 fully saturated rings. The average Bonchev–Trinajstić information content (AvgIpc) is 2.62. The summed E-state index contributed by atoms with van der Waals surface area (Å²) in [6, 6.07) is 13.3. The van der Waals surface area contributed by atoms with Crippen molar-refractivity contribution in [1.29, 1.82) is 0 Å². The van der Waals surface area contributed by atoms with E-state index in [0.717, 1.165) is 11.1 Å². The molecular weight excluding hydrogens is 378 g/mol. The van der Waals surface area contributed by atoms with Gasteiger partial charge in [-0.2, -0.15) is 0 Å². The third-order valence-electron chi connectivity index (χ3n) is 4.60. The number of β-amino-alcohol motifs (C(OH)–C–C–N with tert-alkyl or cyclic N) is 1. The Morgan fingerprint density at radius 1 is 1.15 bits per heavy atom. The molecule has 8 heteroatoms. The number of carbonyl (C=O) groups is 1. The SMILES string of the molecule is O=C(O)C1(O)CNCCC1S(=O)(=O)c1ccc(-c2cccc(Cl)c2)cc1. The highest BCUT2D eigenvalue weighted by Crippen LogP contribution is 2.31. The molecule has 26 heavy (non-hydrogen) atoms. The minimum Gasteiger partial charge on any atom is -0.479 e. The average molecular weight is 396 g/mol. The molecule has 1 heterocycles. The molecular formula is C18H18ClNO5S. The van der Waals surface area contributed by atoms with Gasteiger partial charge in [-0.1, -0.05) is 35.9 Å². The molecule has 1 aliphatic rings. The first kappa shape index (κ1) is 18.8. The molecule has 0 bridgehead atoms. The summed E-state index contributed by atoms with van der Waals surface area (Å²) in [4.78, 5) is 11.4. The summed E-state index contributed by atoms with van der Waals surface area (Å²) in [6.45, 7) is 0.00686. The molecule has 1 saturated heterocycles. The predicted molar refractivity (Wildman–Crippen MR) is 97.9 cm³/mol. The van der Waals surface area contributed by atoms with Crippen molar-refractivity contribution in [3.05, 3.63) is 53.6 Å². The quantitative estimate of drug-likeness (QED) is 0.731. The fraction of sp³-hybridized carbons (Fsp3) is 0.278. The lowest BCUT2D eigenvalue weighted by Gasteiger charge is -2.36. The van der Waals surface area contributed by atoms with Crippen LogP contribution in [0.2, 0.25) is 5.02 Å². The number of sulfone groups is 1. The van der Waals surface area contributed by atoms with Crippen LogP contribution in [0.4, 0.5) is 0 Å². The molecule has 2 unspecified atom stereocenters. The highest BCUT2D eigenvalue weighted by atomic mass is 35.5. The van der Waals surface area contributed by atoms with Crippen molar-refractivity contribution in [3.63, 3.8) is 0 Å². The zero-order valence-corrected chi connectivity index (χ0v) is 15.3. The summed E-state index contributed by atoms with van der Waals surface area (Å²) in [7, 11) is -4.02. The lowest BCUT2D eigenvalue weighted by atomic mass is 9.94. The number of carboxylic acid groups (broad SMARTS) is 1. The number of aliphatic carboxylic acids is 1. The Morgan fingerprint density at radius 3 is 2.46 bits per heavy atom. The summed E-state index contributed by atoms with van der Waals surface area (Å²) in [5.41, 5.74) is -0.737. The Labute approximate surface area is 156 Å². The molecule has 0 aromatic heterocycles. The fourth-order valence-corrected chi connectivity index (χ4v) is 5.32. The minimum absolute atomic E-state index is 0.0151. The van der Waals surface area contributed by atoms with Crippen LogP contribution in [0.25, 0.3) is 11.1 Å². The van der Waals surface area contributed by atoms with Crippen LogP contribution in [0, 0.1) is 0 Å². The molecule has 2 aromatic carbocycles. The third-order valence-corrected chi connectivity index (χ3v) is 7.14. The molecule has 2 atom stereocenters. The van der Waals surface area contributed by atoms with Gasteiger partial charge in [-0.15, -0.1) is 0 Å². The second kappa shape index (κ2) is 7.00. The largest absolute Gasteiger partial charge is 0.479 e. The number of nitrogens with one attached hydrogen (secondary N) is 1. The van der Waals surface area contributed by atoms with Crippen LogP contribution in [0.3, 0.4) is 0 Å². The lowest BCUT2D eigenvalue weighted by molar-refractivity contribution is -0.159. The maximum Gasteiger partial charge on any atom is 0.338 e. The van der Waals surface area contributed by atoms with Gasteiger partial charge in [0.05, 0.1) is 4.90 Å². The van der Waals surface area contributed by atoms with Gasteiger partial charge in [-0.05, 0) is 48.4 Å². The molecule has 0 radical (unpaired) electrons. The molecule has 0 aliphatic carbocycles. The maximum atomic E-state index is 12.9. The first-order valence-electron chi connectivity index (χ1n) is 8.01. The van der Waals surface area contributed by atoms with Crippen LogP contribution < -0.4 is 5.32 Å². The van der Waals surface area contributed by atoms with Gasteiger partial charge in [0.15, 0.2) is 15.4 Å². The van der Waals surface area contributed by atoms with Crippen LogP contribution in [-0.2, 0) is 14.6 Å². The summed E-state index contributed by atoms with van der Waals surface area (Å²) in [6.07, 6.45) is 0.0151. The van der Waals surface area contributed by atoms with Crippen molar-refractivity contribution < 1.29 is 23.4 Å². The summed E-state index contributed by atoms with van der Waals surface area (Å²) in [5.74, 6) is -1.55. The van der Waals surface area contributed by atoms with Crippen LogP contribution in [-0.4, -0.2) is 48.5 Å². The van der Waals surface area contributed by atoms with Crippen molar-refractivity contribution >= 4 is 27.4 Å². The number of rotatable bonds is 4. The Morgan fingerprint density at radius 2 is 1.85 bits per heavy atom. The normalized spacial score (nSPS) is 23.5. The van der Waals surface area contributed by atoms with E-state index in [0.29, 0.717) is 11.6 Å². The van der Waals surface area contributed by atoms with E-state index in [2.05, 4.69) is 5.32 Å². The summed E-state index contributed by atoms with van der Waals surface area (Å²) in [5, 5.41) is 21.6. The van der Waals surface area contributed by atoms with Gasteiger partial charge in [0, 0.05) is 11.6 Å². The Kier molecular flexibility index (Phi) is 5.07. The van der Waals surface area contributed by atoms with E-state index < -0.39 is 26.7 Å². The van der Waals surface area contributed by atoms with Crippen molar-refractivity contribution in [3.8, 4) is 11.1 Å². The highest BCUT2D eigenvalue weighted by Gasteiger charge is 2.52. The second-order valence-electron chi connectivity index (χ2n) is 6.26. The van der Waals surface area contributed by atoms with Crippen LogP contribution in [0.1, 0.15) is 6.42 Å². The zero-order chi connectivity index (χ0) is 18.9. The molecule has 3 rings (SSSR count). The number of hydrogen-bond acceptors (Lipinski definition) is 5. The van der Waals surface area contributed by atoms with Gasteiger partial charge in [0.1, 0.15) is 5.25 Å². The van der Waals surface area contributed by atoms with Gasteiger partial charge in [0.2, 0.25) is 0 Å². The van der Waals surface area contributed by atoms with Gasteiger partial charge in [-0.25, -0.2) is 13.2 Å². The molecule has 6 nitrogen and oxygen atoms in total.